The zero-order chi connectivity index (χ0) is 25.1. The number of imide groups is 1. The highest BCUT2D eigenvalue weighted by Crippen LogP contribution is 2.32. The van der Waals surface area contributed by atoms with Crippen molar-refractivity contribution in [2.75, 3.05) is 19.0 Å². The van der Waals surface area contributed by atoms with Gasteiger partial charge in [0.25, 0.3) is 23.4 Å². The number of nitrogens with zero attached hydrogens (tertiary/aromatic N) is 2. The van der Waals surface area contributed by atoms with Gasteiger partial charge in [0.2, 0.25) is 0 Å². The molecule has 0 radical (unpaired) electrons. The third kappa shape index (κ3) is 4.84. The monoisotopic (exact) mass is 481 g/mol. The van der Waals surface area contributed by atoms with E-state index in [4.69, 9.17) is 9.47 Å². The van der Waals surface area contributed by atoms with Crippen molar-refractivity contribution in [3.63, 3.8) is 0 Å². The van der Waals surface area contributed by atoms with Crippen LogP contribution in [0.5, 0.6) is 5.75 Å². The maximum absolute atomic E-state index is 12.9. The minimum absolute atomic E-state index is 0.00977. The van der Waals surface area contributed by atoms with Gasteiger partial charge in [0.05, 0.1) is 28.7 Å². The van der Waals surface area contributed by atoms with E-state index < -0.39 is 29.3 Å². The van der Waals surface area contributed by atoms with E-state index in [-0.39, 0.29) is 40.0 Å². The number of nitrogens with one attached hydrogen (secondary N) is 1. The van der Waals surface area contributed by atoms with Crippen molar-refractivity contribution in [2.45, 2.75) is 38.1 Å². The second kappa shape index (κ2) is 9.92. The minimum Gasteiger partial charge on any atom is -0.497 e. The highest BCUT2D eigenvalue weighted by molar-refractivity contribution is 6.22. The number of anilines is 1. The Balaban J connectivity index is 1.42. The standard InChI is InChI=1S/C24H23N3O8/c1-34-16-8-10-20(27(32)33)19(12-16)25-21(28)13-35-24(31)14-7-9-17-18(11-14)23(30)26(22(17)29)15-5-3-2-4-6-15/h7-12,15H,2-6,13H2,1H3,(H,25,28). The number of nitro benzene ring substituents is 1. The molecule has 11 heteroatoms. The van der Waals surface area contributed by atoms with Gasteiger partial charge in [0.15, 0.2) is 6.61 Å². The molecule has 2 aromatic carbocycles. The summed E-state index contributed by atoms with van der Waals surface area (Å²) in [6, 6.07) is 7.76. The molecule has 0 atom stereocenters. The number of amides is 3. The Kier molecular flexibility index (Phi) is 6.76. The van der Waals surface area contributed by atoms with Gasteiger partial charge in [0, 0.05) is 18.2 Å². The van der Waals surface area contributed by atoms with Crippen LogP contribution < -0.4 is 10.1 Å². The van der Waals surface area contributed by atoms with Crippen molar-refractivity contribution in [1.82, 2.24) is 4.90 Å². The minimum atomic E-state index is -0.876. The summed E-state index contributed by atoms with van der Waals surface area (Å²) in [5, 5.41) is 13.5. The van der Waals surface area contributed by atoms with Crippen LogP contribution in [-0.2, 0) is 9.53 Å². The number of methoxy groups -OCH3 is 1. The molecule has 1 fully saturated rings. The summed E-state index contributed by atoms with van der Waals surface area (Å²) in [7, 11) is 1.37. The fraction of sp³-hybridized carbons (Fsp3) is 0.333. The number of carbonyl (C=O) groups is 4. The number of fused-ring (bicyclic) bond motifs is 1. The highest BCUT2D eigenvalue weighted by atomic mass is 16.6. The SMILES string of the molecule is COc1ccc([N+](=O)[O-])c(NC(=O)COC(=O)c2ccc3c(c2)C(=O)N(C2CCCCC2)C3=O)c1. The van der Waals surface area contributed by atoms with Crippen LogP contribution in [0, 0.1) is 10.1 Å². The number of nitro groups is 1. The molecule has 35 heavy (non-hydrogen) atoms. The zero-order valence-electron chi connectivity index (χ0n) is 18.9. The van der Waals surface area contributed by atoms with E-state index in [1.165, 1.54) is 48.4 Å². The van der Waals surface area contributed by atoms with Gasteiger partial charge in [-0.3, -0.25) is 29.4 Å². The lowest BCUT2D eigenvalue weighted by atomic mass is 9.94. The number of hydrogen-bond donors (Lipinski definition) is 1. The van der Waals surface area contributed by atoms with Gasteiger partial charge < -0.3 is 14.8 Å². The smallest absolute Gasteiger partial charge is 0.338 e. The Bertz CT molecular complexity index is 1220. The van der Waals surface area contributed by atoms with Gasteiger partial charge in [-0.05, 0) is 37.1 Å². The third-order valence-electron chi connectivity index (χ3n) is 6.10. The first kappa shape index (κ1) is 23.9. The number of carbonyl (C=O) groups excluding carboxylic acids is 4. The predicted molar refractivity (Wildman–Crippen MR) is 122 cm³/mol. The number of benzene rings is 2. The van der Waals surface area contributed by atoms with Crippen LogP contribution >= 0.6 is 0 Å². The summed E-state index contributed by atoms with van der Waals surface area (Å²) in [5.74, 6) is -2.18. The Morgan fingerprint density at radius 2 is 1.77 bits per heavy atom. The second-order valence-corrected chi connectivity index (χ2v) is 8.30. The van der Waals surface area contributed by atoms with E-state index in [0.717, 1.165) is 32.1 Å². The molecule has 2 aromatic rings. The van der Waals surface area contributed by atoms with Gasteiger partial charge in [-0.2, -0.15) is 0 Å². The average molecular weight is 481 g/mol. The molecule has 0 bridgehead atoms. The summed E-state index contributed by atoms with van der Waals surface area (Å²) in [6.07, 6.45) is 4.52. The van der Waals surface area contributed by atoms with E-state index in [0.29, 0.717) is 5.75 Å². The first-order chi connectivity index (χ1) is 16.8. The topological polar surface area (TPSA) is 145 Å². The molecular formula is C24H23N3O8. The van der Waals surface area contributed by atoms with Crippen molar-refractivity contribution < 1.29 is 33.6 Å². The lowest BCUT2D eigenvalue weighted by molar-refractivity contribution is -0.383. The molecule has 0 saturated heterocycles. The van der Waals surface area contributed by atoms with E-state index in [1.807, 2.05) is 0 Å². The lowest BCUT2D eigenvalue weighted by Crippen LogP contribution is -2.40. The molecule has 1 N–H and O–H groups in total. The largest absolute Gasteiger partial charge is 0.497 e. The molecule has 1 aliphatic carbocycles. The summed E-state index contributed by atoms with van der Waals surface area (Å²) in [6.45, 7) is -0.717. The van der Waals surface area contributed by atoms with Gasteiger partial charge in [0.1, 0.15) is 11.4 Å². The molecule has 0 aromatic heterocycles. The Hall–Kier alpha value is -4.28. The molecule has 182 valence electrons. The van der Waals surface area contributed by atoms with Crippen LogP contribution in [0.2, 0.25) is 0 Å². The molecule has 0 unspecified atom stereocenters. The Morgan fingerprint density at radius 3 is 2.46 bits per heavy atom. The normalized spacial score (nSPS) is 15.5. The van der Waals surface area contributed by atoms with Crippen LogP contribution in [0.15, 0.2) is 36.4 Å². The van der Waals surface area contributed by atoms with Gasteiger partial charge >= 0.3 is 5.97 Å². The number of esters is 1. The van der Waals surface area contributed by atoms with Crippen LogP contribution in [0.25, 0.3) is 0 Å². The highest BCUT2D eigenvalue weighted by Gasteiger charge is 2.40. The van der Waals surface area contributed by atoms with E-state index in [9.17, 15) is 29.3 Å². The fourth-order valence-corrected chi connectivity index (χ4v) is 4.36. The Morgan fingerprint density at radius 1 is 1.06 bits per heavy atom. The average Bonchev–Trinajstić information content (AvgIpc) is 3.11. The third-order valence-corrected chi connectivity index (χ3v) is 6.10. The molecule has 1 saturated carbocycles. The number of rotatable bonds is 7. The summed E-state index contributed by atoms with van der Waals surface area (Å²) in [4.78, 5) is 62.3. The first-order valence-corrected chi connectivity index (χ1v) is 11.1. The summed E-state index contributed by atoms with van der Waals surface area (Å²) >= 11 is 0. The molecule has 4 rings (SSSR count). The molecule has 2 aliphatic rings. The van der Waals surface area contributed by atoms with Crippen LogP contribution in [-0.4, -0.2) is 53.3 Å². The van der Waals surface area contributed by atoms with Crippen molar-refractivity contribution in [1.29, 1.82) is 0 Å². The van der Waals surface area contributed by atoms with Crippen molar-refractivity contribution in [2.24, 2.45) is 0 Å². The summed E-state index contributed by atoms with van der Waals surface area (Å²) in [5.41, 5.74) is -0.0862. The van der Waals surface area contributed by atoms with Gasteiger partial charge in [-0.25, -0.2) is 4.79 Å². The molecular weight excluding hydrogens is 458 g/mol. The quantitative estimate of drug-likeness (QED) is 0.274. The maximum Gasteiger partial charge on any atom is 0.338 e. The van der Waals surface area contributed by atoms with E-state index in [1.54, 1.807) is 0 Å². The number of hydrogen-bond acceptors (Lipinski definition) is 8. The van der Waals surface area contributed by atoms with E-state index in [2.05, 4.69) is 5.32 Å². The molecule has 1 heterocycles. The van der Waals surface area contributed by atoms with Crippen molar-refractivity contribution in [3.8, 4) is 5.75 Å². The van der Waals surface area contributed by atoms with Crippen molar-refractivity contribution in [3.05, 3.63) is 63.2 Å². The van der Waals surface area contributed by atoms with Crippen LogP contribution in [0.3, 0.4) is 0 Å². The fourth-order valence-electron chi connectivity index (χ4n) is 4.36. The molecule has 11 nitrogen and oxygen atoms in total. The van der Waals surface area contributed by atoms with Gasteiger partial charge in [-0.1, -0.05) is 19.3 Å². The lowest BCUT2D eigenvalue weighted by Gasteiger charge is -2.29. The van der Waals surface area contributed by atoms with Crippen molar-refractivity contribution >= 4 is 35.1 Å². The molecule has 3 amide bonds. The Labute approximate surface area is 200 Å². The zero-order valence-corrected chi connectivity index (χ0v) is 18.9. The molecule has 0 spiro atoms. The number of ether oxygens (including phenoxy) is 2. The first-order valence-electron chi connectivity index (χ1n) is 11.1. The summed E-state index contributed by atoms with van der Waals surface area (Å²) < 4.78 is 10.0. The van der Waals surface area contributed by atoms with Crippen LogP contribution in [0.1, 0.15) is 63.2 Å². The van der Waals surface area contributed by atoms with Crippen LogP contribution in [0.4, 0.5) is 11.4 Å². The van der Waals surface area contributed by atoms with Gasteiger partial charge in [-0.15, -0.1) is 0 Å². The predicted octanol–water partition coefficient (Wildman–Crippen LogP) is 3.33. The maximum atomic E-state index is 12.9. The second-order valence-electron chi connectivity index (χ2n) is 8.30. The molecule has 1 aliphatic heterocycles. The van der Waals surface area contributed by atoms with E-state index >= 15 is 0 Å².